The van der Waals surface area contributed by atoms with Crippen LogP contribution in [0.1, 0.15) is 43.5 Å². The minimum Gasteiger partial charge on any atom is -0.342 e. The van der Waals surface area contributed by atoms with Gasteiger partial charge in [-0.15, -0.1) is 0 Å². The van der Waals surface area contributed by atoms with E-state index in [1.807, 2.05) is 4.90 Å². The molecular formula is C23H22ClF3N4O2. The molecule has 1 aromatic heterocycles. The number of benzene rings is 1. The maximum absolute atomic E-state index is 15.1. The van der Waals surface area contributed by atoms with E-state index in [4.69, 9.17) is 11.6 Å². The van der Waals surface area contributed by atoms with E-state index in [2.05, 4.69) is 10.2 Å². The Morgan fingerprint density at radius 3 is 2.55 bits per heavy atom. The number of carbonyl (C=O) groups excluding carboxylic acids is 1. The Hall–Kier alpha value is -2.81. The lowest BCUT2D eigenvalue weighted by Crippen LogP contribution is -2.30. The smallest absolute Gasteiger partial charge is 0.342 e. The number of carbonyl (C=O) groups is 1. The molecule has 1 aliphatic heterocycles. The summed E-state index contributed by atoms with van der Waals surface area (Å²) in [6, 6.07) is 2.05. The van der Waals surface area contributed by atoms with Gasteiger partial charge in [0, 0.05) is 30.5 Å². The molecule has 10 heteroatoms. The standard InChI is InChI=1S/C23H22ClF3N4O2/c24-15-3-4-16(17(25)10-15)14-8-18(26)21(19(27)9-14)31-20(28-29-23(31)33)7-12-5-6-30(11-12)22(32)13-1-2-13/h8-10,12-13H,1-7,11H2,(H,29,33). The molecule has 1 amide bonds. The molecule has 1 unspecified atom stereocenters. The molecule has 0 radical (unpaired) electrons. The molecule has 0 bridgehead atoms. The van der Waals surface area contributed by atoms with Gasteiger partial charge < -0.3 is 4.90 Å². The Labute approximate surface area is 192 Å². The molecule has 2 heterocycles. The van der Waals surface area contributed by atoms with E-state index in [0.29, 0.717) is 24.5 Å². The summed E-state index contributed by atoms with van der Waals surface area (Å²) < 4.78 is 45.4. The number of hydrogen-bond donors (Lipinski definition) is 1. The molecule has 1 saturated carbocycles. The van der Waals surface area contributed by atoms with Crippen LogP contribution in [0, 0.1) is 23.5 Å². The number of aromatic amines is 1. The summed E-state index contributed by atoms with van der Waals surface area (Å²) in [6.07, 6.45) is 4.61. The van der Waals surface area contributed by atoms with Crippen molar-refractivity contribution in [2.45, 2.75) is 38.5 Å². The van der Waals surface area contributed by atoms with Gasteiger partial charge in [0.05, 0.1) is 0 Å². The molecule has 2 aliphatic carbocycles. The fraction of sp³-hybridized carbons (Fsp3) is 0.435. The summed E-state index contributed by atoms with van der Waals surface area (Å²) in [6.45, 7) is 1.16. The first-order valence-electron chi connectivity index (χ1n) is 11.0. The highest BCUT2D eigenvalue weighted by molar-refractivity contribution is 6.30. The molecule has 6 nitrogen and oxygen atoms in total. The van der Waals surface area contributed by atoms with Gasteiger partial charge in [-0.1, -0.05) is 11.6 Å². The second-order valence-electron chi connectivity index (χ2n) is 8.90. The zero-order valence-corrected chi connectivity index (χ0v) is 18.5. The first kappa shape index (κ1) is 22.0. The maximum atomic E-state index is 15.1. The van der Waals surface area contributed by atoms with Gasteiger partial charge in [-0.3, -0.25) is 4.79 Å². The van der Waals surface area contributed by atoms with Crippen LogP contribution in [0.4, 0.5) is 13.2 Å². The molecule has 1 atom stereocenters. The molecule has 2 aromatic rings. The Morgan fingerprint density at radius 1 is 1.15 bits per heavy atom. The molecule has 2 fully saturated rings. The Bertz CT molecular complexity index is 1220. The quantitative estimate of drug-likeness (QED) is 0.699. The zero-order chi connectivity index (χ0) is 23.3. The Morgan fingerprint density at radius 2 is 1.88 bits per heavy atom. The number of nitrogens with zero attached hydrogens (tertiary/aromatic N) is 3. The van der Waals surface area contributed by atoms with Gasteiger partial charge in [-0.25, -0.2) is 27.6 Å². The summed E-state index contributed by atoms with van der Waals surface area (Å²) in [4.78, 5) is 26.5. The predicted molar refractivity (Wildman–Crippen MR) is 116 cm³/mol. The predicted octanol–water partition coefficient (Wildman–Crippen LogP) is 4.24. The van der Waals surface area contributed by atoms with E-state index >= 15 is 8.78 Å². The van der Waals surface area contributed by atoms with Crippen LogP contribution < -0.4 is 5.69 Å². The summed E-state index contributed by atoms with van der Waals surface area (Å²) >= 11 is 5.84. The Kier molecular flexibility index (Phi) is 5.68. The van der Waals surface area contributed by atoms with Gasteiger partial charge in [0.2, 0.25) is 5.91 Å². The normalized spacial score (nSPS) is 21.0. The van der Waals surface area contributed by atoms with Crippen LogP contribution in [0.25, 0.3) is 11.3 Å². The van der Waals surface area contributed by atoms with Crippen LogP contribution in [0.3, 0.4) is 0 Å². The van der Waals surface area contributed by atoms with Gasteiger partial charge in [-0.2, -0.15) is 5.10 Å². The van der Waals surface area contributed by atoms with Crippen molar-refractivity contribution in [3.63, 3.8) is 0 Å². The summed E-state index contributed by atoms with van der Waals surface area (Å²) in [5, 5.41) is 6.59. The highest BCUT2D eigenvalue weighted by Crippen LogP contribution is 2.36. The van der Waals surface area contributed by atoms with E-state index in [1.54, 1.807) is 0 Å². The highest BCUT2D eigenvalue weighted by atomic mass is 35.5. The minimum absolute atomic E-state index is 0.0325. The van der Waals surface area contributed by atoms with Crippen LogP contribution in [-0.2, 0) is 11.2 Å². The number of halogens is 4. The van der Waals surface area contributed by atoms with Crippen molar-refractivity contribution >= 4 is 23.1 Å². The van der Waals surface area contributed by atoms with Gasteiger partial charge in [0.15, 0.2) is 11.6 Å². The molecule has 5 rings (SSSR count). The molecular weight excluding hydrogens is 457 g/mol. The molecule has 1 aromatic carbocycles. The minimum atomic E-state index is -0.993. The summed E-state index contributed by atoms with van der Waals surface area (Å²) in [5.41, 5.74) is -1.09. The summed E-state index contributed by atoms with van der Waals surface area (Å²) in [5.74, 6) is -2.11. The largest absolute Gasteiger partial charge is 0.348 e. The average Bonchev–Trinajstić information content (AvgIpc) is 3.42. The van der Waals surface area contributed by atoms with Gasteiger partial charge in [-0.05, 0) is 67.4 Å². The zero-order valence-electron chi connectivity index (χ0n) is 17.7. The lowest BCUT2D eigenvalue weighted by molar-refractivity contribution is -0.131. The number of hydrogen-bond acceptors (Lipinski definition) is 3. The topological polar surface area (TPSA) is 71.0 Å². The fourth-order valence-corrected chi connectivity index (χ4v) is 4.83. The van der Waals surface area contributed by atoms with Crippen LogP contribution in [0.2, 0.25) is 0 Å². The second kappa shape index (κ2) is 8.52. The van der Waals surface area contributed by atoms with Gasteiger partial charge in [0.25, 0.3) is 0 Å². The molecule has 1 N–H and O–H groups in total. The van der Waals surface area contributed by atoms with Crippen LogP contribution in [-0.4, -0.2) is 38.7 Å². The number of likely N-dealkylation sites (tertiary alicyclic amines) is 1. The van der Waals surface area contributed by atoms with Crippen molar-refractivity contribution < 1.29 is 18.0 Å². The van der Waals surface area contributed by atoms with E-state index in [9.17, 15) is 14.0 Å². The van der Waals surface area contributed by atoms with Crippen molar-refractivity contribution in [1.82, 2.24) is 19.7 Å². The first-order chi connectivity index (χ1) is 15.8. The van der Waals surface area contributed by atoms with Crippen molar-refractivity contribution in [3.05, 3.63) is 62.6 Å². The number of H-pyrrole nitrogens is 1. The van der Waals surface area contributed by atoms with Gasteiger partial charge >= 0.3 is 5.69 Å². The van der Waals surface area contributed by atoms with Crippen LogP contribution in [0.15, 0.2) is 33.9 Å². The Balaban J connectivity index is 1.42. The second-order valence-corrected chi connectivity index (χ2v) is 9.39. The third-order valence-corrected chi connectivity index (χ3v) is 6.81. The van der Waals surface area contributed by atoms with Crippen molar-refractivity contribution in [2.24, 2.45) is 11.8 Å². The van der Waals surface area contributed by atoms with Crippen molar-refractivity contribution in [2.75, 3.05) is 13.1 Å². The fourth-order valence-electron chi connectivity index (χ4n) is 4.64. The third-order valence-electron chi connectivity index (χ3n) is 6.51. The SMILES string of the molecule is O=C(C1CC1)N1CCC(Cc2n[nH]c(=O)n2-c2c(F)cc(C3=C(F)C=C(Cl)CC3)cc2F)C1. The van der Waals surface area contributed by atoms with Crippen LogP contribution >= 0.6 is 11.6 Å². The van der Waals surface area contributed by atoms with Gasteiger partial charge in [0.1, 0.15) is 17.3 Å². The third kappa shape index (κ3) is 4.26. The summed E-state index contributed by atoms with van der Waals surface area (Å²) in [7, 11) is 0. The molecule has 0 spiro atoms. The lowest BCUT2D eigenvalue weighted by Gasteiger charge is -2.17. The molecule has 174 valence electrons. The van der Waals surface area contributed by atoms with Crippen molar-refractivity contribution in [3.8, 4) is 5.69 Å². The lowest BCUT2D eigenvalue weighted by atomic mass is 9.96. The number of allylic oxidation sites excluding steroid dienone is 4. The molecule has 1 saturated heterocycles. The first-order valence-corrected chi connectivity index (χ1v) is 11.4. The number of amides is 1. The highest BCUT2D eigenvalue weighted by Gasteiger charge is 2.37. The van der Waals surface area contributed by atoms with Crippen LogP contribution in [0.5, 0.6) is 0 Å². The van der Waals surface area contributed by atoms with E-state index < -0.39 is 28.8 Å². The number of nitrogens with one attached hydrogen (secondary N) is 1. The molecule has 33 heavy (non-hydrogen) atoms. The average molecular weight is 479 g/mol. The van der Waals surface area contributed by atoms with E-state index in [0.717, 1.165) is 42.0 Å². The van der Waals surface area contributed by atoms with E-state index in [-0.39, 0.29) is 47.5 Å². The van der Waals surface area contributed by atoms with E-state index in [1.165, 1.54) is 0 Å². The number of rotatable bonds is 5. The molecule has 3 aliphatic rings. The number of aromatic nitrogens is 3. The van der Waals surface area contributed by atoms with Crippen molar-refractivity contribution in [1.29, 1.82) is 0 Å². The maximum Gasteiger partial charge on any atom is 0.348 e. The monoisotopic (exact) mass is 478 g/mol.